The van der Waals surface area contributed by atoms with Gasteiger partial charge in [0, 0.05) is 12.4 Å². The Bertz CT molecular complexity index is 179. The fourth-order valence-electron chi connectivity index (χ4n) is 1.94. The monoisotopic (exact) mass is 135 g/mol. The minimum atomic E-state index is 0.891. The fraction of sp³-hybridized carbons (Fsp3) is 0.667. The molecule has 1 nitrogen and oxygen atoms in total. The summed E-state index contributed by atoms with van der Waals surface area (Å²) in [6, 6.07) is 0. The second kappa shape index (κ2) is 2.57. The molecular weight excluding hydrogens is 122 g/mol. The predicted molar refractivity (Wildman–Crippen MR) is 43.2 cm³/mol. The van der Waals surface area contributed by atoms with Crippen LogP contribution in [0.2, 0.25) is 0 Å². The number of fused-ring (bicyclic) bond motifs is 1. The highest BCUT2D eigenvalue weighted by atomic mass is 14.7. The van der Waals surface area contributed by atoms with Gasteiger partial charge in [0.05, 0.1) is 0 Å². The minimum absolute atomic E-state index is 0.891. The Labute approximate surface area is 61.9 Å². The summed E-state index contributed by atoms with van der Waals surface area (Å²) < 4.78 is 0. The smallest absolute Gasteiger partial charge is 0.0258 e. The SMILES string of the molecule is C1=NC=C2CCCC2CC1. The zero-order chi connectivity index (χ0) is 6.81. The highest BCUT2D eigenvalue weighted by Crippen LogP contribution is 2.34. The van der Waals surface area contributed by atoms with Crippen molar-refractivity contribution in [2.45, 2.75) is 32.1 Å². The molecule has 0 bridgehead atoms. The predicted octanol–water partition coefficient (Wildman–Crippen LogP) is 2.54. The van der Waals surface area contributed by atoms with E-state index in [0.29, 0.717) is 0 Å². The van der Waals surface area contributed by atoms with Crippen LogP contribution in [0.15, 0.2) is 16.8 Å². The number of nitrogens with zero attached hydrogens (tertiary/aromatic N) is 1. The quantitative estimate of drug-likeness (QED) is 0.484. The zero-order valence-corrected chi connectivity index (χ0v) is 6.21. The van der Waals surface area contributed by atoms with Gasteiger partial charge in [-0.3, -0.25) is 4.99 Å². The second-order valence-electron chi connectivity index (χ2n) is 3.20. The average Bonchev–Trinajstić information content (AvgIpc) is 2.28. The lowest BCUT2D eigenvalue weighted by Crippen LogP contribution is -1.94. The molecule has 0 aromatic rings. The van der Waals surface area contributed by atoms with Gasteiger partial charge in [0.15, 0.2) is 0 Å². The molecule has 0 N–H and O–H groups in total. The maximum absolute atomic E-state index is 4.23. The molecule has 0 amide bonds. The van der Waals surface area contributed by atoms with Crippen LogP contribution in [-0.2, 0) is 0 Å². The Kier molecular flexibility index (Phi) is 1.58. The Morgan fingerprint density at radius 1 is 1.40 bits per heavy atom. The van der Waals surface area contributed by atoms with E-state index in [-0.39, 0.29) is 0 Å². The van der Waals surface area contributed by atoms with Crippen molar-refractivity contribution in [1.29, 1.82) is 0 Å². The Hall–Kier alpha value is -0.590. The summed E-state index contributed by atoms with van der Waals surface area (Å²) in [5.41, 5.74) is 1.61. The molecule has 1 aliphatic carbocycles. The maximum atomic E-state index is 4.23. The highest BCUT2D eigenvalue weighted by molar-refractivity contribution is 5.59. The molecular formula is C9H13N. The van der Waals surface area contributed by atoms with Crippen molar-refractivity contribution in [2.24, 2.45) is 10.9 Å². The van der Waals surface area contributed by atoms with Gasteiger partial charge in [0.1, 0.15) is 0 Å². The van der Waals surface area contributed by atoms with Crippen molar-refractivity contribution < 1.29 is 0 Å². The van der Waals surface area contributed by atoms with Crippen molar-refractivity contribution in [3.63, 3.8) is 0 Å². The van der Waals surface area contributed by atoms with Crippen LogP contribution in [0, 0.1) is 5.92 Å². The van der Waals surface area contributed by atoms with E-state index in [1.807, 2.05) is 6.21 Å². The zero-order valence-electron chi connectivity index (χ0n) is 6.21. The van der Waals surface area contributed by atoms with Gasteiger partial charge in [0.25, 0.3) is 0 Å². The summed E-state index contributed by atoms with van der Waals surface area (Å²) in [5.74, 6) is 0.891. The average molecular weight is 135 g/mol. The van der Waals surface area contributed by atoms with Crippen LogP contribution in [0.3, 0.4) is 0 Å². The van der Waals surface area contributed by atoms with Crippen molar-refractivity contribution in [2.75, 3.05) is 0 Å². The molecule has 0 aromatic heterocycles. The van der Waals surface area contributed by atoms with E-state index in [2.05, 4.69) is 11.2 Å². The third kappa shape index (κ3) is 1.00. The molecule has 1 fully saturated rings. The van der Waals surface area contributed by atoms with Crippen LogP contribution in [-0.4, -0.2) is 6.21 Å². The van der Waals surface area contributed by atoms with Gasteiger partial charge in [-0.25, -0.2) is 0 Å². The molecule has 1 unspecified atom stereocenters. The molecule has 1 atom stereocenters. The van der Waals surface area contributed by atoms with Gasteiger partial charge >= 0.3 is 0 Å². The largest absolute Gasteiger partial charge is 0.269 e. The summed E-state index contributed by atoms with van der Waals surface area (Å²) in [6.45, 7) is 0. The number of allylic oxidation sites excluding steroid dienone is 1. The number of aliphatic imine (C=N–C) groups is 1. The first-order valence-electron chi connectivity index (χ1n) is 4.17. The van der Waals surface area contributed by atoms with Crippen molar-refractivity contribution in [3.8, 4) is 0 Å². The molecule has 10 heavy (non-hydrogen) atoms. The molecule has 0 radical (unpaired) electrons. The van der Waals surface area contributed by atoms with E-state index in [4.69, 9.17) is 0 Å². The molecule has 1 aliphatic heterocycles. The third-order valence-corrected chi connectivity index (χ3v) is 2.53. The lowest BCUT2D eigenvalue weighted by atomic mass is 9.99. The molecule has 0 saturated heterocycles. The maximum Gasteiger partial charge on any atom is 0.0258 e. The van der Waals surface area contributed by atoms with Gasteiger partial charge in [-0.1, -0.05) is 0 Å². The van der Waals surface area contributed by atoms with Crippen molar-refractivity contribution in [3.05, 3.63) is 11.8 Å². The van der Waals surface area contributed by atoms with E-state index >= 15 is 0 Å². The molecule has 0 spiro atoms. The summed E-state index contributed by atoms with van der Waals surface area (Å²) in [4.78, 5) is 4.23. The van der Waals surface area contributed by atoms with E-state index < -0.39 is 0 Å². The first-order chi connectivity index (χ1) is 4.97. The lowest BCUT2D eigenvalue weighted by Gasteiger charge is -2.05. The summed E-state index contributed by atoms with van der Waals surface area (Å²) in [7, 11) is 0. The van der Waals surface area contributed by atoms with Crippen molar-refractivity contribution in [1.82, 2.24) is 0 Å². The fourth-order valence-corrected chi connectivity index (χ4v) is 1.94. The Balaban J connectivity index is 2.18. The first-order valence-corrected chi connectivity index (χ1v) is 4.17. The molecule has 1 saturated carbocycles. The van der Waals surface area contributed by atoms with Crippen LogP contribution in [0.1, 0.15) is 32.1 Å². The second-order valence-corrected chi connectivity index (χ2v) is 3.20. The number of hydrogen-bond acceptors (Lipinski definition) is 1. The molecule has 54 valence electrons. The molecule has 0 aromatic carbocycles. The van der Waals surface area contributed by atoms with Crippen LogP contribution >= 0.6 is 0 Å². The van der Waals surface area contributed by atoms with Crippen LogP contribution in [0.4, 0.5) is 0 Å². The summed E-state index contributed by atoms with van der Waals surface area (Å²) in [5, 5.41) is 0. The summed E-state index contributed by atoms with van der Waals surface area (Å²) in [6.07, 6.45) is 10.8. The lowest BCUT2D eigenvalue weighted by molar-refractivity contribution is 0.592. The minimum Gasteiger partial charge on any atom is -0.269 e. The Morgan fingerprint density at radius 2 is 2.40 bits per heavy atom. The highest BCUT2D eigenvalue weighted by Gasteiger charge is 2.20. The summed E-state index contributed by atoms with van der Waals surface area (Å²) >= 11 is 0. The van der Waals surface area contributed by atoms with Crippen LogP contribution in [0.25, 0.3) is 0 Å². The van der Waals surface area contributed by atoms with Gasteiger partial charge in [-0.05, 0) is 43.6 Å². The standard InChI is InChI=1S/C9H13N/c1-3-8-5-2-6-10-7-9(8)4-1/h6-8H,1-5H2. The topological polar surface area (TPSA) is 12.4 Å². The van der Waals surface area contributed by atoms with E-state index in [0.717, 1.165) is 5.92 Å². The molecule has 2 rings (SSSR count). The Morgan fingerprint density at radius 3 is 3.40 bits per heavy atom. The van der Waals surface area contributed by atoms with Crippen LogP contribution < -0.4 is 0 Å². The molecule has 1 heteroatoms. The van der Waals surface area contributed by atoms with Gasteiger partial charge in [-0.15, -0.1) is 0 Å². The van der Waals surface area contributed by atoms with Gasteiger partial charge in [-0.2, -0.15) is 0 Å². The molecule has 1 heterocycles. The number of hydrogen-bond donors (Lipinski definition) is 0. The molecule has 2 aliphatic rings. The van der Waals surface area contributed by atoms with Crippen molar-refractivity contribution >= 4 is 6.21 Å². The normalized spacial score (nSPS) is 31.2. The van der Waals surface area contributed by atoms with E-state index in [1.54, 1.807) is 5.57 Å². The van der Waals surface area contributed by atoms with Crippen LogP contribution in [0.5, 0.6) is 0 Å². The van der Waals surface area contributed by atoms with Gasteiger partial charge in [0.2, 0.25) is 0 Å². The van der Waals surface area contributed by atoms with E-state index in [9.17, 15) is 0 Å². The number of rotatable bonds is 0. The first kappa shape index (κ1) is 6.14. The third-order valence-electron chi connectivity index (χ3n) is 2.53. The van der Waals surface area contributed by atoms with Gasteiger partial charge < -0.3 is 0 Å². The van der Waals surface area contributed by atoms with E-state index in [1.165, 1.54) is 32.1 Å².